The normalized spacial score (nSPS) is 10.2. The van der Waals surface area contributed by atoms with E-state index in [1.165, 1.54) is 10.9 Å². The fourth-order valence-corrected chi connectivity index (χ4v) is 3.06. The first-order valence-electron chi connectivity index (χ1n) is 5.29. The highest BCUT2D eigenvalue weighted by atomic mass is 79.9. The molecule has 0 bridgehead atoms. The molecule has 0 spiro atoms. The summed E-state index contributed by atoms with van der Waals surface area (Å²) < 4.78 is 2.23. The molecule has 7 heteroatoms. The molecule has 0 amide bonds. The fourth-order valence-electron chi connectivity index (χ4n) is 1.45. The number of hydrogen-bond donors (Lipinski definition) is 1. The highest BCUT2D eigenvalue weighted by Crippen LogP contribution is 2.23. The van der Waals surface area contributed by atoms with Gasteiger partial charge in [-0.3, -0.25) is 4.79 Å². The number of anilines is 1. The predicted octanol–water partition coefficient (Wildman–Crippen LogP) is 2.97. The number of terminal acetylenes is 1. The van der Waals surface area contributed by atoms with Gasteiger partial charge in [0.15, 0.2) is 0 Å². The van der Waals surface area contributed by atoms with Crippen molar-refractivity contribution in [2.24, 2.45) is 0 Å². The molecule has 2 heterocycles. The second-order valence-corrected chi connectivity index (χ2v) is 6.55. The summed E-state index contributed by atoms with van der Waals surface area (Å²) in [5.74, 6) is 2.37. The van der Waals surface area contributed by atoms with Crippen LogP contribution in [0.3, 0.4) is 0 Å². The molecular weight excluding hydrogens is 350 g/mol. The van der Waals surface area contributed by atoms with Crippen LogP contribution in [-0.4, -0.2) is 9.78 Å². The molecule has 0 aromatic carbocycles. The monoisotopic (exact) mass is 357 g/mol. The lowest BCUT2D eigenvalue weighted by molar-refractivity contribution is 0.664. The van der Waals surface area contributed by atoms with Crippen LogP contribution in [-0.2, 0) is 13.1 Å². The van der Waals surface area contributed by atoms with Crippen molar-refractivity contribution in [3.05, 3.63) is 42.4 Å². The third-order valence-corrected chi connectivity index (χ3v) is 4.22. The Kier molecular flexibility index (Phi) is 4.64. The van der Waals surface area contributed by atoms with Gasteiger partial charge in [-0.25, -0.2) is 4.68 Å². The van der Waals surface area contributed by atoms with Gasteiger partial charge in [0.25, 0.3) is 5.56 Å². The molecule has 0 unspecified atom stereocenters. The van der Waals surface area contributed by atoms with E-state index in [0.717, 1.165) is 8.66 Å². The van der Waals surface area contributed by atoms with Gasteiger partial charge in [0.1, 0.15) is 12.2 Å². The van der Waals surface area contributed by atoms with Crippen LogP contribution in [0.2, 0.25) is 5.02 Å². The van der Waals surface area contributed by atoms with Crippen LogP contribution in [0.4, 0.5) is 5.69 Å². The molecule has 4 nitrogen and oxygen atoms in total. The Morgan fingerprint density at radius 2 is 2.37 bits per heavy atom. The molecule has 0 radical (unpaired) electrons. The van der Waals surface area contributed by atoms with E-state index >= 15 is 0 Å². The van der Waals surface area contributed by atoms with Crippen molar-refractivity contribution in [1.82, 2.24) is 9.78 Å². The van der Waals surface area contributed by atoms with Gasteiger partial charge in [0.05, 0.1) is 15.0 Å². The van der Waals surface area contributed by atoms with Crippen molar-refractivity contribution in [3.63, 3.8) is 0 Å². The van der Waals surface area contributed by atoms with Gasteiger partial charge in [-0.15, -0.1) is 17.8 Å². The molecule has 0 aliphatic heterocycles. The van der Waals surface area contributed by atoms with Gasteiger partial charge in [0, 0.05) is 11.4 Å². The smallest absolute Gasteiger partial charge is 0.292 e. The number of aromatic nitrogens is 2. The lowest BCUT2D eigenvalue weighted by Crippen LogP contribution is -2.25. The van der Waals surface area contributed by atoms with Gasteiger partial charge in [0.2, 0.25) is 0 Å². The minimum absolute atomic E-state index is 0.120. The quantitative estimate of drug-likeness (QED) is 0.855. The Morgan fingerprint density at radius 1 is 1.58 bits per heavy atom. The van der Waals surface area contributed by atoms with E-state index < -0.39 is 0 Å². The van der Waals surface area contributed by atoms with Crippen molar-refractivity contribution < 1.29 is 0 Å². The van der Waals surface area contributed by atoms with Gasteiger partial charge in [-0.1, -0.05) is 17.5 Å². The molecule has 0 aliphatic carbocycles. The summed E-state index contributed by atoms with van der Waals surface area (Å²) in [5, 5.41) is 7.18. The third-order valence-electron chi connectivity index (χ3n) is 2.31. The van der Waals surface area contributed by atoms with E-state index in [1.54, 1.807) is 11.3 Å². The van der Waals surface area contributed by atoms with E-state index in [9.17, 15) is 4.79 Å². The van der Waals surface area contributed by atoms with Crippen LogP contribution in [0.15, 0.2) is 26.9 Å². The maximum absolute atomic E-state index is 12.1. The summed E-state index contributed by atoms with van der Waals surface area (Å²) in [6.07, 6.45) is 6.59. The summed E-state index contributed by atoms with van der Waals surface area (Å²) in [7, 11) is 0. The topological polar surface area (TPSA) is 46.9 Å². The molecule has 0 atom stereocenters. The Balaban J connectivity index is 2.22. The Labute approximate surface area is 127 Å². The molecule has 0 saturated carbocycles. The number of hydrogen-bond acceptors (Lipinski definition) is 4. The van der Waals surface area contributed by atoms with Crippen LogP contribution >= 0.6 is 38.9 Å². The zero-order chi connectivity index (χ0) is 13.8. The van der Waals surface area contributed by atoms with Crippen molar-refractivity contribution in [1.29, 1.82) is 0 Å². The maximum atomic E-state index is 12.1. The van der Waals surface area contributed by atoms with E-state index in [4.69, 9.17) is 18.0 Å². The molecule has 0 fully saturated rings. The van der Waals surface area contributed by atoms with Crippen LogP contribution in [0.1, 0.15) is 4.88 Å². The zero-order valence-electron chi connectivity index (χ0n) is 9.69. The van der Waals surface area contributed by atoms with E-state index in [0.29, 0.717) is 12.2 Å². The first-order valence-corrected chi connectivity index (χ1v) is 7.27. The highest BCUT2D eigenvalue weighted by Gasteiger charge is 2.09. The van der Waals surface area contributed by atoms with Gasteiger partial charge in [-0.05, 0) is 28.1 Å². The Hall–Kier alpha value is -1.29. The summed E-state index contributed by atoms with van der Waals surface area (Å²) in [4.78, 5) is 13.1. The molecule has 2 rings (SSSR count). The largest absolute Gasteiger partial charge is 0.374 e. The first-order chi connectivity index (χ1) is 9.11. The molecule has 1 N–H and O–H groups in total. The van der Waals surface area contributed by atoms with Crippen molar-refractivity contribution >= 4 is 44.6 Å². The number of nitrogens with zero attached hydrogens (tertiary/aromatic N) is 2. The second kappa shape index (κ2) is 6.24. The summed E-state index contributed by atoms with van der Waals surface area (Å²) >= 11 is 11.0. The summed E-state index contributed by atoms with van der Waals surface area (Å²) in [6, 6.07) is 3.92. The number of nitrogens with one attached hydrogen (secondary N) is 1. The number of rotatable bonds is 4. The molecule has 2 aromatic heterocycles. The lowest BCUT2D eigenvalue weighted by atomic mass is 10.4. The summed E-state index contributed by atoms with van der Waals surface area (Å²) in [5.41, 5.74) is -0.00230. The summed E-state index contributed by atoms with van der Waals surface area (Å²) in [6.45, 7) is 0.639. The lowest BCUT2D eigenvalue weighted by Gasteiger charge is -2.08. The Bertz CT molecular complexity index is 689. The second-order valence-electron chi connectivity index (χ2n) is 3.59. The van der Waals surface area contributed by atoms with Crippen LogP contribution in [0.5, 0.6) is 0 Å². The van der Waals surface area contributed by atoms with Crippen LogP contribution < -0.4 is 10.9 Å². The molecule has 98 valence electrons. The fraction of sp³-hybridized carbons (Fsp3) is 0.167. The van der Waals surface area contributed by atoms with Crippen molar-refractivity contribution in [2.75, 3.05) is 5.32 Å². The highest BCUT2D eigenvalue weighted by molar-refractivity contribution is 9.11. The molecule has 2 aromatic rings. The minimum Gasteiger partial charge on any atom is -0.374 e. The Morgan fingerprint density at radius 3 is 3.00 bits per heavy atom. The molecule has 19 heavy (non-hydrogen) atoms. The third kappa shape index (κ3) is 3.38. The average Bonchev–Trinajstić information content (AvgIpc) is 2.79. The van der Waals surface area contributed by atoms with Crippen molar-refractivity contribution in [2.45, 2.75) is 13.1 Å². The molecule has 0 aliphatic rings. The molecular formula is C12H9BrClN3OS. The minimum atomic E-state index is -0.318. The van der Waals surface area contributed by atoms with Crippen LogP contribution in [0.25, 0.3) is 0 Å². The number of thiophene rings is 1. The van der Waals surface area contributed by atoms with E-state index in [2.05, 4.69) is 32.3 Å². The van der Waals surface area contributed by atoms with Gasteiger partial charge in [-0.2, -0.15) is 5.10 Å². The maximum Gasteiger partial charge on any atom is 0.292 e. The SMILES string of the molecule is C#CCn1ncc(Cl)c(NCc2ccc(Br)s2)c1=O. The molecule has 0 saturated heterocycles. The van der Waals surface area contributed by atoms with E-state index in [1.807, 2.05) is 12.1 Å². The van der Waals surface area contributed by atoms with Gasteiger partial charge < -0.3 is 5.32 Å². The predicted molar refractivity (Wildman–Crippen MR) is 81.7 cm³/mol. The number of halogens is 2. The van der Waals surface area contributed by atoms with Crippen molar-refractivity contribution in [3.8, 4) is 12.3 Å². The van der Waals surface area contributed by atoms with E-state index in [-0.39, 0.29) is 17.1 Å². The zero-order valence-corrected chi connectivity index (χ0v) is 12.8. The average molecular weight is 359 g/mol. The standard InChI is InChI=1S/C12H9BrClN3OS/c1-2-5-17-12(18)11(9(14)7-16-17)15-6-8-3-4-10(13)19-8/h1,3-4,7,15H,5-6H2. The van der Waals surface area contributed by atoms with Gasteiger partial charge >= 0.3 is 0 Å². The first kappa shape index (κ1) is 14.1. The van der Waals surface area contributed by atoms with Crippen LogP contribution in [0, 0.1) is 12.3 Å².